The fourth-order valence-electron chi connectivity index (χ4n) is 2.46. The van der Waals surface area contributed by atoms with Crippen LogP contribution in [0.4, 0.5) is 5.82 Å². The minimum absolute atomic E-state index is 0.152. The molecule has 1 atom stereocenters. The van der Waals surface area contributed by atoms with Gasteiger partial charge in [0.25, 0.3) is 0 Å². The van der Waals surface area contributed by atoms with E-state index in [4.69, 9.17) is 15.2 Å². The maximum Gasteiger partial charge on any atom is 0.166 e. The van der Waals surface area contributed by atoms with Crippen LogP contribution in [-0.2, 0) is 13.5 Å². The first kappa shape index (κ1) is 13.3. The SMILES string of the molecule is COc1cc(-c2cc(N)n(C)n2)c(Br)c2c1OC(C)C2. The maximum absolute atomic E-state index is 5.86. The normalized spacial score (nSPS) is 16.9. The lowest BCUT2D eigenvalue weighted by Gasteiger charge is -2.11. The molecular formula is C14H16BrN3O2. The lowest BCUT2D eigenvalue weighted by atomic mass is 10.0. The van der Waals surface area contributed by atoms with Crippen molar-refractivity contribution in [2.45, 2.75) is 19.4 Å². The van der Waals surface area contributed by atoms with Crippen molar-refractivity contribution in [1.82, 2.24) is 9.78 Å². The van der Waals surface area contributed by atoms with Gasteiger partial charge >= 0.3 is 0 Å². The molecule has 0 saturated carbocycles. The lowest BCUT2D eigenvalue weighted by Crippen LogP contribution is -2.05. The molecule has 0 amide bonds. The van der Waals surface area contributed by atoms with Gasteiger partial charge in [0.05, 0.1) is 12.8 Å². The molecule has 1 aliphatic rings. The molecule has 0 radical (unpaired) electrons. The van der Waals surface area contributed by atoms with Crippen molar-refractivity contribution in [3.8, 4) is 22.8 Å². The van der Waals surface area contributed by atoms with Gasteiger partial charge in [-0.25, -0.2) is 0 Å². The smallest absolute Gasteiger partial charge is 0.166 e. The largest absolute Gasteiger partial charge is 0.493 e. The molecule has 6 heteroatoms. The zero-order valence-electron chi connectivity index (χ0n) is 11.6. The summed E-state index contributed by atoms with van der Waals surface area (Å²) in [6.07, 6.45) is 1.00. The van der Waals surface area contributed by atoms with E-state index in [-0.39, 0.29) is 6.10 Å². The Morgan fingerprint density at radius 2 is 2.25 bits per heavy atom. The van der Waals surface area contributed by atoms with E-state index in [2.05, 4.69) is 21.0 Å². The minimum Gasteiger partial charge on any atom is -0.493 e. The fourth-order valence-corrected chi connectivity index (χ4v) is 3.12. The number of hydrogen-bond acceptors (Lipinski definition) is 4. The third-order valence-electron chi connectivity index (χ3n) is 3.50. The number of aryl methyl sites for hydroxylation is 1. The Labute approximate surface area is 125 Å². The number of benzene rings is 1. The highest BCUT2D eigenvalue weighted by molar-refractivity contribution is 9.10. The molecule has 2 N–H and O–H groups in total. The minimum atomic E-state index is 0.152. The highest BCUT2D eigenvalue weighted by Crippen LogP contribution is 2.46. The molecule has 0 bridgehead atoms. The van der Waals surface area contributed by atoms with Crippen LogP contribution in [-0.4, -0.2) is 23.0 Å². The molecule has 106 valence electrons. The zero-order chi connectivity index (χ0) is 14.4. The van der Waals surface area contributed by atoms with E-state index in [9.17, 15) is 0 Å². The molecule has 1 unspecified atom stereocenters. The summed E-state index contributed by atoms with van der Waals surface area (Å²) in [6.45, 7) is 2.05. The molecule has 1 aromatic carbocycles. The first-order valence-electron chi connectivity index (χ1n) is 6.37. The van der Waals surface area contributed by atoms with Crippen LogP contribution in [0.2, 0.25) is 0 Å². The van der Waals surface area contributed by atoms with E-state index in [1.165, 1.54) is 0 Å². The highest BCUT2D eigenvalue weighted by Gasteiger charge is 2.28. The van der Waals surface area contributed by atoms with Gasteiger partial charge in [0.15, 0.2) is 11.5 Å². The second-order valence-corrected chi connectivity index (χ2v) is 5.75. The summed E-state index contributed by atoms with van der Waals surface area (Å²) in [7, 11) is 3.47. The number of methoxy groups -OCH3 is 1. The number of nitrogen functional groups attached to an aromatic ring is 1. The van der Waals surface area contributed by atoms with Gasteiger partial charge in [-0.2, -0.15) is 5.10 Å². The van der Waals surface area contributed by atoms with Crippen LogP contribution < -0.4 is 15.2 Å². The van der Waals surface area contributed by atoms with Gasteiger partial charge in [0.1, 0.15) is 11.9 Å². The Morgan fingerprint density at radius 1 is 1.50 bits per heavy atom. The van der Waals surface area contributed by atoms with Crippen molar-refractivity contribution >= 4 is 21.7 Å². The number of ether oxygens (including phenoxy) is 2. The molecule has 2 heterocycles. The third-order valence-corrected chi connectivity index (χ3v) is 4.40. The topological polar surface area (TPSA) is 62.3 Å². The number of aromatic nitrogens is 2. The molecular weight excluding hydrogens is 322 g/mol. The molecule has 0 spiro atoms. The summed E-state index contributed by atoms with van der Waals surface area (Å²) >= 11 is 3.67. The van der Waals surface area contributed by atoms with Gasteiger partial charge < -0.3 is 15.2 Å². The molecule has 1 aliphatic heterocycles. The fraction of sp³-hybridized carbons (Fsp3) is 0.357. The Morgan fingerprint density at radius 3 is 2.85 bits per heavy atom. The number of nitrogens with zero attached hydrogens (tertiary/aromatic N) is 2. The summed E-state index contributed by atoms with van der Waals surface area (Å²) in [5.41, 5.74) is 8.76. The van der Waals surface area contributed by atoms with Gasteiger partial charge in [0.2, 0.25) is 0 Å². The van der Waals surface area contributed by atoms with Crippen LogP contribution in [0.25, 0.3) is 11.3 Å². The van der Waals surface area contributed by atoms with Crippen molar-refractivity contribution in [3.05, 3.63) is 22.2 Å². The zero-order valence-corrected chi connectivity index (χ0v) is 13.2. The molecule has 2 aromatic rings. The first-order chi connectivity index (χ1) is 9.51. The molecule has 5 nitrogen and oxygen atoms in total. The van der Waals surface area contributed by atoms with Crippen LogP contribution in [0.5, 0.6) is 11.5 Å². The number of anilines is 1. The Kier molecular flexibility index (Phi) is 3.12. The van der Waals surface area contributed by atoms with Crippen LogP contribution in [0, 0.1) is 0 Å². The van der Waals surface area contributed by atoms with Crippen LogP contribution in [0.15, 0.2) is 16.6 Å². The first-order valence-corrected chi connectivity index (χ1v) is 7.16. The van der Waals surface area contributed by atoms with Gasteiger partial charge in [-0.15, -0.1) is 0 Å². The van der Waals surface area contributed by atoms with Gasteiger partial charge in [-0.3, -0.25) is 4.68 Å². The van der Waals surface area contributed by atoms with Gasteiger partial charge in [-0.05, 0) is 28.9 Å². The summed E-state index contributed by atoms with van der Waals surface area (Å²) in [5, 5.41) is 4.43. The van der Waals surface area contributed by atoms with E-state index in [0.29, 0.717) is 5.82 Å². The number of nitrogens with two attached hydrogens (primary N) is 1. The Hall–Kier alpha value is -1.69. The predicted octanol–water partition coefficient (Wildman–Crippen LogP) is 2.76. The molecule has 3 rings (SSSR count). The Bertz CT molecular complexity index is 662. The second-order valence-electron chi connectivity index (χ2n) is 4.96. The Balaban J connectivity index is 2.20. The van der Waals surface area contributed by atoms with Gasteiger partial charge in [-0.1, -0.05) is 0 Å². The van der Waals surface area contributed by atoms with E-state index in [0.717, 1.165) is 39.2 Å². The van der Waals surface area contributed by atoms with E-state index >= 15 is 0 Å². The van der Waals surface area contributed by atoms with Crippen molar-refractivity contribution in [2.24, 2.45) is 7.05 Å². The monoisotopic (exact) mass is 337 g/mol. The maximum atomic E-state index is 5.86. The molecule has 0 saturated heterocycles. The van der Waals surface area contributed by atoms with Crippen LogP contribution in [0.3, 0.4) is 0 Å². The van der Waals surface area contributed by atoms with Crippen molar-refractivity contribution < 1.29 is 9.47 Å². The highest BCUT2D eigenvalue weighted by atomic mass is 79.9. The van der Waals surface area contributed by atoms with Crippen LogP contribution in [0.1, 0.15) is 12.5 Å². The standard InChI is InChI=1S/C14H16BrN3O2/c1-7-4-9-13(15)8(5-11(19-3)14(9)20-7)10-6-12(16)18(2)17-10/h5-7H,4,16H2,1-3H3. The summed E-state index contributed by atoms with van der Waals surface area (Å²) < 4.78 is 13.9. The van der Waals surface area contributed by atoms with Crippen molar-refractivity contribution in [3.63, 3.8) is 0 Å². The average molecular weight is 338 g/mol. The predicted molar refractivity (Wildman–Crippen MR) is 81.1 cm³/mol. The molecule has 20 heavy (non-hydrogen) atoms. The van der Waals surface area contributed by atoms with Gasteiger partial charge in [0, 0.05) is 35.1 Å². The van der Waals surface area contributed by atoms with E-state index < -0.39 is 0 Å². The number of rotatable bonds is 2. The molecule has 0 aliphatic carbocycles. The second kappa shape index (κ2) is 4.70. The summed E-state index contributed by atoms with van der Waals surface area (Å²) in [4.78, 5) is 0. The number of hydrogen-bond donors (Lipinski definition) is 1. The van der Waals surface area contributed by atoms with E-state index in [1.807, 2.05) is 26.1 Å². The van der Waals surface area contributed by atoms with Crippen molar-refractivity contribution in [1.29, 1.82) is 0 Å². The lowest BCUT2D eigenvalue weighted by molar-refractivity contribution is 0.243. The average Bonchev–Trinajstić information content (AvgIpc) is 2.94. The molecule has 1 aromatic heterocycles. The summed E-state index contributed by atoms with van der Waals surface area (Å²) in [6, 6.07) is 3.79. The quantitative estimate of drug-likeness (QED) is 0.915. The third kappa shape index (κ3) is 1.95. The number of halogens is 1. The molecule has 0 fully saturated rings. The van der Waals surface area contributed by atoms with E-state index in [1.54, 1.807) is 11.8 Å². The number of fused-ring (bicyclic) bond motifs is 1. The van der Waals surface area contributed by atoms with Crippen molar-refractivity contribution in [2.75, 3.05) is 12.8 Å². The summed E-state index contributed by atoms with van der Waals surface area (Å²) in [5.74, 6) is 2.17. The van der Waals surface area contributed by atoms with Crippen LogP contribution >= 0.6 is 15.9 Å².